The Morgan fingerprint density at radius 2 is 2.17 bits per heavy atom. The van der Waals surface area contributed by atoms with E-state index >= 15 is 0 Å². The van der Waals surface area contributed by atoms with Crippen molar-refractivity contribution >= 4 is 5.96 Å². The maximum atomic E-state index is 5.87. The highest BCUT2D eigenvalue weighted by atomic mass is 16.5. The van der Waals surface area contributed by atoms with Crippen molar-refractivity contribution in [1.82, 2.24) is 10.6 Å². The van der Waals surface area contributed by atoms with Crippen LogP contribution in [0.5, 0.6) is 0 Å². The van der Waals surface area contributed by atoms with E-state index < -0.39 is 0 Å². The second-order valence-corrected chi connectivity index (χ2v) is 7.77. The lowest BCUT2D eigenvalue weighted by atomic mass is 9.57. The minimum absolute atomic E-state index is 0.178. The summed E-state index contributed by atoms with van der Waals surface area (Å²) in [6.45, 7) is 15.2. The summed E-state index contributed by atoms with van der Waals surface area (Å²) in [4.78, 5) is 4.71. The first-order valence-corrected chi connectivity index (χ1v) is 9.21. The Morgan fingerprint density at radius 3 is 2.87 bits per heavy atom. The molecule has 2 rings (SSSR count). The number of aliphatic imine (C=N–C) groups is 1. The number of hydrogen-bond donors (Lipinski definition) is 2. The molecule has 0 aromatic rings. The van der Waals surface area contributed by atoms with Gasteiger partial charge in [0.2, 0.25) is 0 Å². The summed E-state index contributed by atoms with van der Waals surface area (Å²) >= 11 is 0. The lowest BCUT2D eigenvalue weighted by Gasteiger charge is -2.54. The van der Waals surface area contributed by atoms with Gasteiger partial charge in [0.1, 0.15) is 0 Å². The van der Waals surface area contributed by atoms with E-state index in [9.17, 15) is 0 Å². The zero-order valence-electron chi connectivity index (χ0n) is 15.5. The molecule has 2 aliphatic rings. The van der Waals surface area contributed by atoms with Crippen LogP contribution in [0, 0.1) is 17.3 Å². The summed E-state index contributed by atoms with van der Waals surface area (Å²) in [6, 6.07) is 0.449. The minimum Gasteiger partial charge on any atom is -0.381 e. The Morgan fingerprint density at radius 1 is 1.39 bits per heavy atom. The fourth-order valence-corrected chi connectivity index (χ4v) is 3.76. The number of fused-ring (bicyclic) bond motifs is 1. The van der Waals surface area contributed by atoms with Crippen LogP contribution in [-0.4, -0.2) is 51.0 Å². The average Bonchev–Trinajstić information content (AvgIpc) is 2.94. The van der Waals surface area contributed by atoms with Crippen molar-refractivity contribution in [2.24, 2.45) is 22.2 Å². The third-order valence-electron chi connectivity index (χ3n) is 4.90. The van der Waals surface area contributed by atoms with Crippen molar-refractivity contribution in [3.8, 4) is 0 Å². The minimum atomic E-state index is 0.178. The monoisotopic (exact) mass is 325 g/mol. The van der Waals surface area contributed by atoms with E-state index in [1.807, 2.05) is 0 Å². The van der Waals surface area contributed by atoms with Crippen LogP contribution in [0.1, 0.15) is 47.5 Å². The lowest BCUT2D eigenvalue weighted by molar-refractivity contribution is -0.106. The molecule has 3 unspecified atom stereocenters. The molecule has 5 heteroatoms. The molecule has 2 N–H and O–H groups in total. The van der Waals surface area contributed by atoms with E-state index in [0.717, 1.165) is 51.7 Å². The van der Waals surface area contributed by atoms with Crippen LogP contribution in [-0.2, 0) is 9.47 Å². The molecule has 1 saturated carbocycles. The second-order valence-electron chi connectivity index (χ2n) is 7.77. The van der Waals surface area contributed by atoms with Gasteiger partial charge in [-0.1, -0.05) is 27.7 Å². The number of hydrogen-bond acceptors (Lipinski definition) is 3. The Hall–Kier alpha value is -0.810. The van der Waals surface area contributed by atoms with Crippen LogP contribution in [0.4, 0.5) is 0 Å². The molecule has 0 bridgehead atoms. The molecule has 0 radical (unpaired) electrons. The largest absolute Gasteiger partial charge is 0.381 e. The summed E-state index contributed by atoms with van der Waals surface area (Å²) < 4.78 is 11.5. The topological polar surface area (TPSA) is 54.9 Å². The molecule has 0 amide bonds. The molecule has 0 aromatic heterocycles. The van der Waals surface area contributed by atoms with Crippen molar-refractivity contribution in [2.75, 3.05) is 32.9 Å². The average molecular weight is 325 g/mol. The molecule has 134 valence electrons. The van der Waals surface area contributed by atoms with Gasteiger partial charge in [-0.15, -0.1) is 0 Å². The molecule has 0 aromatic carbocycles. The van der Waals surface area contributed by atoms with Crippen molar-refractivity contribution in [1.29, 1.82) is 0 Å². The van der Waals surface area contributed by atoms with Gasteiger partial charge in [-0.25, -0.2) is 0 Å². The molecule has 3 atom stereocenters. The van der Waals surface area contributed by atoms with E-state index in [0.29, 0.717) is 24.0 Å². The van der Waals surface area contributed by atoms with E-state index in [-0.39, 0.29) is 5.41 Å². The van der Waals surface area contributed by atoms with Gasteiger partial charge in [-0.05, 0) is 25.7 Å². The first kappa shape index (κ1) is 18.5. The Bertz CT molecular complexity index is 396. The number of rotatable bonds is 8. The van der Waals surface area contributed by atoms with Gasteiger partial charge in [0.15, 0.2) is 5.96 Å². The Balaban J connectivity index is 1.78. The normalized spacial score (nSPS) is 29.3. The van der Waals surface area contributed by atoms with E-state index in [2.05, 4.69) is 45.3 Å². The molecule has 1 heterocycles. The highest BCUT2D eigenvalue weighted by Crippen LogP contribution is 2.52. The van der Waals surface area contributed by atoms with Crippen LogP contribution in [0.25, 0.3) is 0 Å². The molecule has 0 spiro atoms. The van der Waals surface area contributed by atoms with E-state index in [1.165, 1.54) is 0 Å². The van der Waals surface area contributed by atoms with Gasteiger partial charge < -0.3 is 20.1 Å². The van der Waals surface area contributed by atoms with Gasteiger partial charge in [-0.2, -0.15) is 0 Å². The van der Waals surface area contributed by atoms with Crippen LogP contribution >= 0.6 is 0 Å². The van der Waals surface area contributed by atoms with Gasteiger partial charge in [0, 0.05) is 50.3 Å². The number of guanidine groups is 1. The molecule has 1 aliphatic heterocycles. The maximum absolute atomic E-state index is 5.87. The standard InChI is InChI=1S/C18H35N3O2/c1-6-19-17(20-9-7-10-22-12-13(2)3)21-15-14-8-11-23-16(14)18(15,4)5/h13-16H,6-12H2,1-5H3,(H2,19,20,21). The van der Waals surface area contributed by atoms with Crippen LogP contribution < -0.4 is 10.6 Å². The molecule has 1 saturated heterocycles. The number of nitrogens with zero attached hydrogens (tertiary/aromatic N) is 1. The fourth-order valence-electron chi connectivity index (χ4n) is 3.76. The highest BCUT2D eigenvalue weighted by Gasteiger charge is 2.59. The zero-order valence-corrected chi connectivity index (χ0v) is 15.5. The summed E-state index contributed by atoms with van der Waals surface area (Å²) in [5.74, 6) is 2.16. The molecule has 1 aliphatic carbocycles. The lowest BCUT2D eigenvalue weighted by Crippen LogP contribution is -2.67. The van der Waals surface area contributed by atoms with Gasteiger partial charge in [-0.3, -0.25) is 4.99 Å². The number of nitrogens with one attached hydrogen (secondary N) is 2. The van der Waals surface area contributed by atoms with Crippen molar-refractivity contribution in [2.45, 2.75) is 59.6 Å². The Labute approximate surface area is 141 Å². The molecular weight excluding hydrogens is 290 g/mol. The molecule has 2 fully saturated rings. The molecule has 23 heavy (non-hydrogen) atoms. The molecule has 5 nitrogen and oxygen atoms in total. The number of ether oxygens (including phenoxy) is 2. The summed E-state index contributed by atoms with van der Waals surface area (Å²) in [5, 5.41) is 7.01. The second kappa shape index (κ2) is 8.34. The maximum Gasteiger partial charge on any atom is 0.191 e. The quantitative estimate of drug-likeness (QED) is 0.409. The van der Waals surface area contributed by atoms with Gasteiger partial charge >= 0.3 is 0 Å². The van der Waals surface area contributed by atoms with Crippen molar-refractivity contribution in [3.05, 3.63) is 0 Å². The van der Waals surface area contributed by atoms with Crippen LogP contribution in [0.15, 0.2) is 4.99 Å². The first-order valence-electron chi connectivity index (χ1n) is 9.21. The predicted octanol–water partition coefficient (Wildman–Crippen LogP) is 2.42. The van der Waals surface area contributed by atoms with Crippen molar-refractivity contribution < 1.29 is 9.47 Å². The van der Waals surface area contributed by atoms with Gasteiger partial charge in [0.25, 0.3) is 0 Å². The van der Waals surface area contributed by atoms with Crippen LogP contribution in [0.2, 0.25) is 0 Å². The Kier molecular flexibility index (Phi) is 6.72. The summed E-state index contributed by atoms with van der Waals surface area (Å²) in [7, 11) is 0. The highest BCUT2D eigenvalue weighted by molar-refractivity contribution is 5.80. The third kappa shape index (κ3) is 4.60. The summed E-state index contributed by atoms with van der Waals surface area (Å²) in [5.41, 5.74) is 0.178. The summed E-state index contributed by atoms with van der Waals surface area (Å²) in [6.07, 6.45) is 2.54. The SMILES string of the molecule is CCNC(=NCCCOCC(C)C)NC1C2CCOC2C1(C)C. The van der Waals surface area contributed by atoms with E-state index in [1.54, 1.807) is 0 Å². The van der Waals surface area contributed by atoms with Gasteiger partial charge in [0.05, 0.1) is 6.10 Å². The predicted molar refractivity (Wildman–Crippen MR) is 94.8 cm³/mol. The fraction of sp³-hybridized carbons (Fsp3) is 0.944. The van der Waals surface area contributed by atoms with Crippen LogP contribution in [0.3, 0.4) is 0 Å². The first-order chi connectivity index (χ1) is 11.0. The van der Waals surface area contributed by atoms with E-state index in [4.69, 9.17) is 14.5 Å². The molecular formula is C18H35N3O2. The zero-order chi connectivity index (χ0) is 16.9. The van der Waals surface area contributed by atoms with Crippen molar-refractivity contribution in [3.63, 3.8) is 0 Å². The smallest absolute Gasteiger partial charge is 0.191 e. The third-order valence-corrected chi connectivity index (χ3v) is 4.90.